The van der Waals surface area contributed by atoms with Gasteiger partial charge in [0.25, 0.3) is 11.6 Å². The number of carbonyl (C=O) groups is 1. The molecule has 1 rings (SSSR count). The summed E-state index contributed by atoms with van der Waals surface area (Å²) in [7, 11) is 0. The number of amides is 1. The van der Waals surface area contributed by atoms with Crippen LogP contribution in [0.2, 0.25) is 0 Å². The van der Waals surface area contributed by atoms with Crippen molar-refractivity contribution in [3.05, 3.63) is 39.7 Å². The summed E-state index contributed by atoms with van der Waals surface area (Å²) in [6.07, 6.45) is 3.89. The fourth-order valence-corrected chi connectivity index (χ4v) is 2.12. The summed E-state index contributed by atoms with van der Waals surface area (Å²) < 4.78 is 13.1. The first kappa shape index (κ1) is 16.6. The molecule has 0 aromatic heterocycles. The van der Waals surface area contributed by atoms with Gasteiger partial charge in [0.15, 0.2) is 0 Å². The molecule has 0 aliphatic carbocycles. The number of nitro groups is 1. The first-order chi connectivity index (χ1) is 9.56. The van der Waals surface area contributed by atoms with Gasteiger partial charge in [-0.15, -0.1) is 0 Å². The van der Waals surface area contributed by atoms with Crippen LogP contribution in [-0.2, 0) is 0 Å². The minimum absolute atomic E-state index is 0.240. The van der Waals surface area contributed by atoms with Gasteiger partial charge in [-0.2, -0.15) is 0 Å². The van der Waals surface area contributed by atoms with Crippen molar-refractivity contribution < 1.29 is 14.1 Å². The molecule has 0 spiro atoms. The topological polar surface area (TPSA) is 72.2 Å². The molecule has 7 heteroatoms. The van der Waals surface area contributed by atoms with E-state index in [9.17, 15) is 19.3 Å². The maximum atomic E-state index is 13.1. The second-order valence-electron chi connectivity index (χ2n) is 4.28. The molecule has 0 fully saturated rings. The van der Waals surface area contributed by atoms with E-state index in [0.717, 1.165) is 49.2 Å². The SMILES string of the molecule is O=C(NCCCCCCBr)c1cc(F)ccc1[N+](=O)[O-]. The highest BCUT2D eigenvalue weighted by Crippen LogP contribution is 2.19. The summed E-state index contributed by atoms with van der Waals surface area (Å²) in [5, 5.41) is 14.3. The lowest BCUT2D eigenvalue weighted by Gasteiger charge is -2.06. The van der Waals surface area contributed by atoms with Crippen molar-refractivity contribution in [1.82, 2.24) is 5.32 Å². The molecule has 1 amide bonds. The van der Waals surface area contributed by atoms with Crippen LogP contribution in [0.25, 0.3) is 0 Å². The number of nitro benzene ring substituents is 1. The van der Waals surface area contributed by atoms with Crippen molar-refractivity contribution in [2.75, 3.05) is 11.9 Å². The third kappa shape index (κ3) is 5.24. The Labute approximate surface area is 124 Å². The molecule has 0 atom stereocenters. The largest absolute Gasteiger partial charge is 0.352 e. The van der Waals surface area contributed by atoms with Crippen LogP contribution in [0.5, 0.6) is 0 Å². The molecule has 0 aliphatic rings. The van der Waals surface area contributed by atoms with Crippen molar-refractivity contribution in [3.8, 4) is 0 Å². The van der Waals surface area contributed by atoms with Crippen LogP contribution in [0, 0.1) is 15.9 Å². The molecule has 20 heavy (non-hydrogen) atoms. The van der Waals surface area contributed by atoms with E-state index in [-0.39, 0.29) is 11.3 Å². The monoisotopic (exact) mass is 346 g/mol. The van der Waals surface area contributed by atoms with Crippen LogP contribution >= 0.6 is 15.9 Å². The Morgan fingerprint density at radius 2 is 2.00 bits per heavy atom. The van der Waals surface area contributed by atoms with Crippen molar-refractivity contribution in [2.24, 2.45) is 0 Å². The molecule has 0 saturated carbocycles. The third-order valence-corrected chi connectivity index (χ3v) is 3.31. The number of alkyl halides is 1. The number of nitrogens with zero attached hydrogens (tertiary/aromatic N) is 1. The van der Waals surface area contributed by atoms with Gasteiger partial charge in [-0.1, -0.05) is 28.8 Å². The lowest BCUT2D eigenvalue weighted by molar-refractivity contribution is -0.385. The van der Waals surface area contributed by atoms with Crippen LogP contribution in [-0.4, -0.2) is 22.7 Å². The van der Waals surface area contributed by atoms with Crippen molar-refractivity contribution >= 4 is 27.5 Å². The van der Waals surface area contributed by atoms with Gasteiger partial charge in [0.1, 0.15) is 11.4 Å². The standard InChI is InChI=1S/C13H16BrFN2O3/c14-7-3-1-2-4-8-16-13(18)11-9-10(15)5-6-12(11)17(19)20/h5-6,9H,1-4,7-8H2,(H,16,18). The van der Waals surface area contributed by atoms with Gasteiger partial charge in [0.05, 0.1) is 4.92 Å². The second kappa shape index (κ2) is 8.63. The van der Waals surface area contributed by atoms with Gasteiger partial charge >= 0.3 is 0 Å². The Kier molecular flexibility index (Phi) is 7.14. The minimum Gasteiger partial charge on any atom is -0.352 e. The zero-order valence-corrected chi connectivity index (χ0v) is 12.5. The third-order valence-electron chi connectivity index (χ3n) is 2.75. The Morgan fingerprint density at radius 1 is 1.30 bits per heavy atom. The summed E-state index contributed by atoms with van der Waals surface area (Å²) in [5.41, 5.74) is -0.626. The number of rotatable bonds is 8. The molecule has 1 aromatic rings. The summed E-state index contributed by atoms with van der Waals surface area (Å²) in [6, 6.07) is 2.85. The molecule has 5 nitrogen and oxygen atoms in total. The zero-order valence-electron chi connectivity index (χ0n) is 10.9. The molecule has 1 aromatic carbocycles. The molecule has 0 bridgehead atoms. The second-order valence-corrected chi connectivity index (χ2v) is 5.07. The highest BCUT2D eigenvalue weighted by Gasteiger charge is 2.20. The molecule has 0 heterocycles. The van der Waals surface area contributed by atoms with Gasteiger partial charge in [0, 0.05) is 17.9 Å². The Hall–Kier alpha value is -1.50. The van der Waals surface area contributed by atoms with E-state index in [1.165, 1.54) is 0 Å². The highest BCUT2D eigenvalue weighted by atomic mass is 79.9. The number of hydrogen-bond acceptors (Lipinski definition) is 3. The Morgan fingerprint density at radius 3 is 2.65 bits per heavy atom. The van der Waals surface area contributed by atoms with Crippen molar-refractivity contribution in [3.63, 3.8) is 0 Å². The molecule has 0 unspecified atom stereocenters. The van der Waals surface area contributed by atoms with E-state index in [1.54, 1.807) is 0 Å². The average Bonchev–Trinajstić information content (AvgIpc) is 2.42. The van der Waals surface area contributed by atoms with E-state index in [0.29, 0.717) is 6.54 Å². The number of hydrogen-bond donors (Lipinski definition) is 1. The quantitative estimate of drug-likeness (QED) is 0.339. The fraction of sp³-hybridized carbons (Fsp3) is 0.462. The Balaban J connectivity index is 2.54. The van der Waals surface area contributed by atoms with E-state index in [1.807, 2.05) is 0 Å². The van der Waals surface area contributed by atoms with Gasteiger partial charge in [-0.3, -0.25) is 14.9 Å². The number of nitrogens with one attached hydrogen (secondary N) is 1. The highest BCUT2D eigenvalue weighted by molar-refractivity contribution is 9.09. The molecule has 0 saturated heterocycles. The van der Waals surface area contributed by atoms with Crippen LogP contribution in [0.15, 0.2) is 18.2 Å². The van der Waals surface area contributed by atoms with Gasteiger partial charge in [-0.25, -0.2) is 4.39 Å². The first-order valence-corrected chi connectivity index (χ1v) is 7.46. The van der Waals surface area contributed by atoms with Crippen LogP contribution in [0.4, 0.5) is 10.1 Å². The smallest absolute Gasteiger partial charge is 0.282 e. The predicted octanol–water partition coefficient (Wildman–Crippen LogP) is 3.42. The number of carbonyl (C=O) groups excluding carboxylic acids is 1. The fourth-order valence-electron chi connectivity index (χ4n) is 1.72. The normalized spacial score (nSPS) is 10.3. The van der Waals surface area contributed by atoms with Gasteiger partial charge < -0.3 is 5.32 Å². The van der Waals surface area contributed by atoms with Gasteiger partial charge in [-0.05, 0) is 25.0 Å². The minimum atomic E-state index is -0.690. The summed E-state index contributed by atoms with van der Waals surface area (Å²) in [5.74, 6) is -1.28. The molecule has 1 N–H and O–H groups in total. The van der Waals surface area contributed by atoms with E-state index < -0.39 is 16.6 Å². The molecule has 0 radical (unpaired) electrons. The molecular weight excluding hydrogens is 331 g/mol. The van der Waals surface area contributed by atoms with Crippen LogP contribution in [0.1, 0.15) is 36.0 Å². The van der Waals surface area contributed by atoms with E-state index in [2.05, 4.69) is 21.2 Å². The zero-order chi connectivity index (χ0) is 15.0. The van der Waals surface area contributed by atoms with Crippen molar-refractivity contribution in [2.45, 2.75) is 25.7 Å². The maximum Gasteiger partial charge on any atom is 0.282 e. The lowest BCUT2D eigenvalue weighted by atomic mass is 10.1. The summed E-state index contributed by atoms with van der Waals surface area (Å²) in [6.45, 7) is 0.425. The van der Waals surface area contributed by atoms with E-state index in [4.69, 9.17) is 0 Å². The lowest BCUT2D eigenvalue weighted by Crippen LogP contribution is -2.25. The molecular formula is C13H16BrFN2O3. The van der Waals surface area contributed by atoms with Crippen molar-refractivity contribution in [1.29, 1.82) is 0 Å². The van der Waals surface area contributed by atoms with E-state index >= 15 is 0 Å². The van der Waals surface area contributed by atoms with Crippen LogP contribution < -0.4 is 5.32 Å². The van der Waals surface area contributed by atoms with Gasteiger partial charge in [0.2, 0.25) is 0 Å². The van der Waals surface area contributed by atoms with Crippen LogP contribution in [0.3, 0.4) is 0 Å². The predicted molar refractivity (Wildman–Crippen MR) is 77.6 cm³/mol. The average molecular weight is 347 g/mol. The molecule has 110 valence electrons. The number of benzene rings is 1. The number of unbranched alkanes of at least 4 members (excludes halogenated alkanes) is 3. The summed E-state index contributed by atoms with van der Waals surface area (Å²) in [4.78, 5) is 21.9. The summed E-state index contributed by atoms with van der Waals surface area (Å²) >= 11 is 3.33. The molecule has 0 aliphatic heterocycles. The maximum absolute atomic E-state index is 13.1. The number of halogens is 2. The first-order valence-electron chi connectivity index (χ1n) is 6.34. The Bertz CT molecular complexity index is 483.